The molecule has 0 spiro atoms. The van der Waals surface area contributed by atoms with Crippen molar-refractivity contribution in [1.82, 2.24) is 4.98 Å². The van der Waals surface area contributed by atoms with Crippen molar-refractivity contribution in [3.8, 4) is 0 Å². The lowest BCUT2D eigenvalue weighted by atomic mass is 10.2. The number of hydrogen-bond donors (Lipinski definition) is 0. The first-order chi connectivity index (χ1) is 8.70. The van der Waals surface area contributed by atoms with Crippen molar-refractivity contribution < 1.29 is 4.39 Å². The average molecular weight is 459 g/mol. The van der Waals surface area contributed by atoms with Crippen LogP contribution in [0.3, 0.4) is 0 Å². The molecule has 96 valence electrons. The molecule has 0 radical (unpaired) electrons. The van der Waals surface area contributed by atoms with Gasteiger partial charge >= 0.3 is 0 Å². The second-order valence-electron chi connectivity index (χ2n) is 3.52. The Kier molecular flexibility index (Phi) is 5.71. The van der Waals surface area contributed by atoms with Crippen LogP contribution in [-0.4, -0.2) is 11.5 Å². The van der Waals surface area contributed by atoms with Crippen LogP contribution in [0.25, 0.3) is 0 Å². The molecule has 2 aromatic rings. The first kappa shape index (κ1) is 14.5. The summed E-state index contributed by atoms with van der Waals surface area (Å²) in [6, 6.07) is 3.61. The molecule has 0 atom stereocenters. The van der Waals surface area contributed by atoms with Gasteiger partial charge in [0.2, 0.25) is 0 Å². The Morgan fingerprint density at radius 2 is 2.39 bits per heavy atom. The summed E-state index contributed by atoms with van der Waals surface area (Å²) in [4.78, 5) is 3.98. The zero-order valence-electron chi connectivity index (χ0n) is 9.15. The molecule has 0 aliphatic heterocycles. The monoisotopic (exact) mass is 458 g/mol. The molecule has 0 fully saturated rings. The molecule has 0 unspecified atom stereocenters. The van der Waals surface area contributed by atoms with Crippen LogP contribution in [0.4, 0.5) is 10.1 Å². The molecule has 0 N–H and O–H groups in total. The van der Waals surface area contributed by atoms with Gasteiger partial charge in [-0.2, -0.15) is 11.3 Å². The van der Waals surface area contributed by atoms with Crippen LogP contribution >= 0.6 is 57.6 Å². The van der Waals surface area contributed by atoms with E-state index in [0.29, 0.717) is 4.60 Å². The number of thiophene rings is 1. The first-order valence-corrected chi connectivity index (χ1v) is 10.1. The van der Waals surface area contributed by atoms with Crippen molar-refractivity contribution in [3.63, 3.8) is 0 Å². The Bertz CT molecular complexity index is 510. The molecule has 2 rings (SSSR count). The number of pyridine rings is 1. The van der Waals surface area contributed by atoms with E-state index in [1.54, 1.807) is 11.3 Å². The quantitative estimate of drug-likeness (QED) is 0.352. The second kappa shape index (κ2) is 7.06. The third kappa shape index (κ3) is 3.82. The minimum Gasteiger partial charge on any atom is -0.304 e. The maximum atomic E-state index is 13.2. The molecule has 0 amide bonds. The Hall–Kier alpha value is 0.140. The molecule has 0 aliphatic rings. The van der Waals surface area contributed by atoms with Gasteiger partial charge in [-0.15, -0.1) is 0 Å². The zero-order chi connectivity index (χ0) is 13.0. The molecule has 0 aliphatic carbocycles. The highest BCUT2D eigenvalue weighted by molar-refractivity contribution is 14.2. The minimum atomic E-state index is -0.320. The van der Waals surface area contributed by atoms with E-state index in [4.69, 9.17) is 0 Å². The van der Waals surface area contributed by atoms with E-state index >= 15 is 0 Å². The Morgan fingerprint density at radius 3 is 3.06 bits per heavy atom. The van der Waals surface area contributed by atoms with Gasteiger partial charge in [0.1, 0.15) is 10.4 Å². The molecule has 0 bridgehead atoms. The molecule has 2 nitrogen and oxygen atoms in total. The lowest BCUT2D eigenvalue weighted by molar-refractivity contribution is 0.620. The Labute approximate surface area is 134 Å². The zero-order valence-corrected chi connectivity index (χ0v) is 14.5. The molecular formula is C11H9BrFIN2S2. The van der Waals surface area contributed by atoms with Crippen molar-refractivity contribution in [3.05, 3.63) is 45.1 Å². The minimum absolute atomic E-state index is 0.320. The van der Waals surface area contributed by atoms with E-state index in [2.05, 4.69) is 58.9 Å². The predicted octanol–water partition coefficient (Wildman–Crippen LogP) is 5.09. The molecule has 2 aromatic heterocycles. The van der Waals surface area contributed by atoms with Crippen molar-refractivity contribution in [2.45, 2.75) is 6.42 Å². The summed E-state index contributed by atoms with van der Waals surface area (Å²) in [5.41, 5.74) is 2.07. The van der Waals surface area contributed by atoms with Crippen LogP contribution in [0.5, 0.6) is 0 Å². The summed E-state index contributed by atoms with van der Waals surface area (Å²) in [6.07, 6.45) is 2.14. The van der Waals surface area contributed by atoms with Crippen LogP contribution < -0.4 is 4.31 Å². The molecule has 7 heteroatoms. The molecule has 0 saturated carbocycles. The highest BCUT2D eigenvalue weighted by Crippen LogP contribution is 2.32. The van der Waals surface area contributed by atoms with Gasteiger partial charge in [0.15, 0.2) is 0 Å². The maximum Gasteiger partial charge on any atom is 0.143 e. The summed E-state index contributed by atoms with van der Waals surface area (Å²) < 4.78 is 15.9. The first-order valence-electron chi connectivity index (χ1n) is 5.09. The van der Waals surface area contributed by atoms with E-state index in [1.807, 2.05) is 4.31 Å². The largest absolute Gasteiger partial charge is 0.304 e. The van der Waals surface area contributed by atoms with Gasteiger partial charge in [0, 0.05) is 42.9 Å². The lowest BCUT2D eigenvalue weighted by Gasteiger charge is -2.20. The summed E-state index contributed by atoms with van der Waals surface area (Å²) in [5.74, 6) is -0.320. The number of halogens is 3. The normalized spacial score (nSPS) is 10.6. The van der Waals surface area contributed by atoms with Crippen LogP contribution in [0.1, 0.15) is 5.56 Å². The van der Waals surface area contributed by atoms with Crippen LogP contribution in [-0.2, 0) is 6.42 Å². The van der Waals surface area contributed by atoms with Gasteiger partial charge in [0.25, 0.3) is 0 Å². The van der Waals surface area contributed by atoms with Crippen LogP contribution in [0.2, 0.25) is 0 Å². The van der Waals surface area contributed by atoms with E-state index in [1.165, 1.54) is 26.9 Å². The topological polar surface area (TPSA) is 16.1 Å². The van der Waals surface area contributed by atoms with Gasteiger partial charge in [0.05, 0.1) is 11.9 Å². The second-order valence-corrected chi connectivity index (χ2v) is 6.81. The number of aromatic nitrogens is 1. The fraction of sp³-hybridized carbons (Fsp3) is 0.182. The SMILES string of the molecule is Fc1cnc(Br)c(N(CCc2ccsc2)SI)c1. The van der Waals surface area contributed by atoms with Gasteiger partial charge in [-0.05, 0) is 44.7 Å². The van der Waals surface area contributed by atoms with Crippen LogP contribution in [0.15, 0.2) is 33.7 Å². The molecule has 2 heterocycles. The van der Waals surface area contributed by atoms with Crippen molar-refractivity contribution >= 4 is 63.3 Å². The van der Waals surface area contributed by atoms with Gasteiger partial charge in [-0.25, -0.2) is 9.37 Å². The van der Waals surface area contributed by atoms with Gasteiger partial charge in [-0.1, -0.05) is 0 Å². The van der Waals surface area contributed by atoms with Crippen LogP contribution in [0, 0.1) is 5.82 Å². The summed E-state index contributed by atoms with van der Waals surface area (Å²) >= 11 is 7.24. The predicted molar refractivity (Wildman–Crippen MR) is 88.9 cm³/mol. The highest BCUT2D eigenvalue weighted by Gasteiger charge is 2.12. The molecule has 18 heavy (non-hydrogen) atoms. The number of nitrogens with zero attached hydrogens (tertiary/aromatic N) is 2. The Morgan fingerprint density at radius 1 is 1.56 bits per heavy atom. The third-order valence-electron chi connectivity index (χ3n) is 2.32. The summed E-state index contributed by atoms with van der Waals surface area (Å²) in [7, 11) is 1.54. The number of anilines is 1. The fourth-order valence-electron chi connectivity index (χ4n) is 1.44. The van der Waals surface area contributed by atoms with E-state index in [-0.39, 0.29) is 5.82 Å². The van der Waals surface area contributed by atoms with E-state index in [0.717, 1.165) is 18.7 Å². The maximum absolute atomic E-state index is 13.2. The van der Waals surface area contributed by atoms with Crippen molar-refractivity contribution in [2.75, 3.05) is 10.8 Å². The van der Waals surface area contributed by atoms with Crippen molar-refractivity contribution in [2.24, 2.45) is 0 Å². The lowest BCUT2D eigenvalue weighted by Crippen LogP contribution is -2.17. The smallest absolute Gasteiger partial charge is 0.143 e. The summed E-state index contributed by atoms with van der Waals surface area (Å²) in [6.45, 7) is 0.814. The third-order valence-corrected chi connectivity index (χ3v) is 5.64. The van der Waals surface area contributed by atoms with Gasteiger partial charge < -0.3 is 4.31 Å². The Balaban J connectivity index is 2.10. The molecule has 0 aromatic carbocycles. The van der Waals surface area contributed by atoms with E-state index < -0.39 is 0 Å². The van der Waals surface area contributed by atoms with Crippen molar-refractivity contribution in [1.29, 1.82) is 0 Å². The molecular weight excluding hydrogens is 450 g/mol. The average Bonchev–Trinajstić information content (AvgIpc) is 2.87. The van der Waals surface area contributed by atoms with E-state index in [9.17, 15) is 4.39 Å². The molecule has 0 saturated heterocycles. The standard InChI is InChI=1S/C11H9BrFIN2S2/c12-11-10(5-9(13)6-15-11)16(18-14)3-1-8-2-4-17-7-8/h2,4-7H,1,3H2. The number of hydrogen-bond acceptors (Lipinski definition) is 4. The van der Waals surface area contributed by atoms with Gasteiger partial charge in [-0.3, -0.25) is 0 Å². The highest BCUT2D eigenvalue weighted by atomic mass is 127. The summed E-state index contributed by atoms with van der Waals surface area (Å²) in [5, 5.41) is 4.20. The number of rotatable bonds is 5. The fourth-order valence-corrected chi connectivity index (χ4v) is 4.30.